The molecule has 0 spiro atoms. The van der Waals surface area contributed by atoms with E-state index in [-0.39, 0.29) is 11.5 Å². The third kappa shape index (κ3) is 7.36. The molecule has 0 radical (unpaired) electrons. The van der Waals surface area contributed by atoms with Gasteiger partial charge in [-0.1, -0.05) is 70.9 Å². The monoisotopic (exact) mass is 517 g/mol. The number of hydrogen-bond donors (Lipinski definition) is 1. The van der Waals surface area contributed by atoms with Crippen LogP contribution in [0.3, 0.4) is 0 Å². The third-order valence-electron chi connectivity index (χ3n) is 5.56. The Morgan fingerprint density at radius 3 is 2.56 bits per heavy atom. The Labute approximate surface area is 214 Å². The Morgan fingerprint density at radius 1 is 1.12 bits per heavy atom. The van der Waals surface area contributed by atoms with Crippen molar-refractivity contribution in [1.29, 1.82) is 0 Å². The molecule has 180 valence electrons. The number of carbonyl (C=O) groups is 1. The van der Waals surface area contributed by atoms with Crippen LogP contribution in [-0.2, 0) is 24.7 Å². The first-order chi connectivity index (χ1) is 16.2. The molecule has 2 aromatic carbocycles. The van der Waals surface area contributed by atoms with Gasteiger partial charge in [0.1, 0.15) is 0 Å². The number of benzene rings is 2. The number of halogens is 2. The molecule has 1 N–H and O–H groups in total. The predicted molar refractivity (Wildman–Crippen MR) is 141 cm³/mol. The Bertz CT molecular complexity index is 1210. The van der Waals surface area contributed by atoms with Gasteiger partial charge in [-0.3, -0.25) is 14.2 Å². The summed E-state index contributed by atoms with van der Waals surface area (Å²) in [5.41, 5.74) is 4.69. The lowest BCUT2D eigenvalue weighted by molar-refractivity contribution is -0.121. The summed E-state index contributed by atoms with van der Waals surface area (Å²) in [6.45, 7) is 4.45. The van der Waals surface area contributed by atoms with Crippen molar-refractivity contribution >= 4 is 40.9 Å². The summed E-state index contributed by atoms with van der Waals surface area (Å²) in [5.74, 6) is 0.699. The molecule has 0 unspecified atom stereocenters. The molecule has 8 heteroatoms. The summed E-state index contributed by atoms with van der Waals surface area (Å²) >= 11 is 13.6. The lowest BCUT2D eigenvalue weighted by Crippen LogP contribution is -2.26. The van der Waals surface area contributed by atoms with Gasteiger partial charge in [0.05, 0.1) is 0 Å². The van der Waals surface area contributed by atoms with Gasteiger partial charge in [-0.15, -0.1) is 0 Å². The molecule has 1 aromatic heterocycles. The van der Waals surface area contributed by atoms with Crippen LogP contribution >= 0.6 is 35.0 Å². The first-order valence-electron chi connectivity index (χ1n) is 11.2. The second-order valence-corrected chi connectivity index (χ2v) is 10.2. The zero-order valence-electron chi connectivity index (χ0n) is 19.7. The molecular weight excluding hydrogens is 489 g/mol. The van der Waals surface area contributed by atoms with E-state index in [0.717, 1.165) is 22.4 Å². The molecule has 34 heavy (non-hydrogen) atoms. The van der Waals surface area contributed by atoms with E-state index in [1.807, 2.05) is 32.0 Å². The lowest BCUT2D eigenvalue weighted by Gasteiger charge is -2.12. The lowest BCUT2D eigenvalue weighted by atomic mass is 10.0. The van der Waals surface area contributed by atoms with Crippen LogP contribution in [0.2, 0.25) is 10.0 Å². The van der Waals surface area contributed by atoms with E-state index in [9.17, 15) is 9.59 Å². The van der Waals surface area contributed by atoms with Crippen molar-refractivity contribution in [1.82, 2.24) is 14.9 Å². The van der Waals surface area contributed by atoms with Crippen molar-refractivity contribution < 1.29 is 4.79 Å². The predicted octanol–water partition coefficient (Wildman–Crippen LogP) is 5.53. The molecule has 3 rings (SSSR count). The highest BCUT2D eigenvalue weighted by Crippen LogP contribution is 2.21. The number of nitrogens with zero attached hydrogens (tertiary/aromatic N) is 2. The van der Waals surface area contributed by atoms with Crippen LogP contribution < -0.4 is 10.9 Å². The summed E-state index contributed by atoms with van der Waals surface area (Å²) in [5, 5.41) is 4.80. The SMILES string of the molecule is Cc1ccc(Cc2c(C)nc(SCCCC(=O)NCCc3ccc(Cl)cc3Cl)n(C)c2=O)cc1. The van der Waals surface area contributed by atoms with E-state index in [1.54, 1.807) is 23.7 Å². The summed E-state index contributed by atoms with van der Waals surface area (Å²) in [7, 11) is 1.75. The van der Waals surface area contributed by atoms with Crippen LogP contribution in [0.1, 0.15) is 40.8 Å². The first kappa shape index (κ1) is 26.3. The van der Waals surface area contributed by atoms with Gasteiger partial charge in [-0.25, -0.2) is 4.98 Å². The molecule has 1 heterocycles. The van der Waals surface area contributed by atoms with E-state index in [0.29, 0.717) is 53.2 Å². The molecule has 0 atom stereocenters. The van der Waals surface area contributed by atoms with Crippen molar-refractivity contribution in [3.8, 4) is 0 Å². The average Bonchev–Trinajstić information content (AvgIpc) is 2.80. The van der Waals surface area contributed by atoms with Gasteiger partial charge in [0.25, 0.3) is 5.56 Å². The second-order valence-electron chi connectivity index (χ2n) is 8.27. The number of carbonyl (C=O) groups excluding carboxylic acids is 1. The topological polar surface area (TPSA) is 64.0 Å². The van der Waals surface area contributed by atoms with Crippen molar-refractivity contribution in [2.45, 2.75) is 44.7 Å². The Morgan fingerprint density at radius 2 is 1.85 bits per heavy atom. The fraction of sp³-hybridized carbons (Fsp3) is 0.346. The molecule has 0 aliphatic carbocycles. The highest BCUT2D eigenvalue weighted by Gasteiger charge is 2.13. The maximum Gasteiger partial charge on any atom is 0.257 e. The second kappa shape index (κ2) is 12.4. The molecule has 0 aliphatic heterocycles. The minimum atomic E-state index is -0.0193. The molecule has 0 aliphatic rings. The molecule has 0 fully saturated rings. The number of aromatic nitrogens is 2. The number of hydrogen-bond acceptors (Lipinski definition) is 4. The summed E-state index contributed by atoms with van der Waals surface area (Å²) in [6, 6.07) is 13.6. The highest BCUT2D eigenvalue weighted by atomic mass is 35.5. The molecule has 0 saturated heterocycles. The fourth-order valence-corrected chi connectivity index (χ4v) is 4.97. The van der Waals surface area contributed by atoms with E-state index in [4.69, 9.17) is 23.2 Å². The first-order valence-corrected chi connectivity index (χ1v) is 12.9. The van der Waals surface area contributed by atoms with Gasteiger partial charge in [0, 0.05) is 53.5 Å². The molecule has 0 bridgehead atoms. The van der Waals surface area contributed by atoms with Gasteiger partial charge in [-0.05, 0) is 49.9 Å². The Hall–Kier alpha value is -2.28. The van der Waals surface area contributed by atoms with E-state index >= 15 is 0 Å². The standard InChI is InChI=1S/C26H29Cl2N3O2S/c1-17-6-8-19(9-7-17)15-22-18(2)30-26(31(3)25(22)33)34-14-4-5-24(32)29-13-12-20-10-11-21(27)16-23(20)28/h6-11,16H,4-5,12-15H2,1-3H3,(H,29,32). The van der Waals surface area contributed by atoms with Gasteiger partial charge < -0.3 is 5.32 Å². The minimum Gasteiger partial charge on any atom is -0.356 e. The van der Waals surface area contributed by atoms with E-state index < -0.39 is 0 Å². The van der Waals surface area contributed by atoms with Crippen LogP contribution in [-0.4, -0.2) is 27.8 Å². The summed E-state index contributed by atoms with van der Waals surface area (Å²) in [6.07, 6.45) is 2.33. The number of amides is 1. The third-order valence-corrected chi connectivity index (χ3v) is 7.27. The zero-order chi connectivity index (χ0) is 24.7. The van der Waals surface area contributed by atoms with Gasteiger partial charge >= 0.3 is 0 Å². The van der Waals surface area contributed by atoms with Crippen LogP contribution in [0, 0.1) is 13.8 Å². The van der Waals surface area contributed by atoms with Crippen molar-refractivity contribution in [2.75, 3.05) is 12.3 Å². The highest BCUT2D eigenvalue weighted by molar-refractivity contribution is 7.99. The average molecular weight is 519 g/mol. The Balaban J connectivity index is 1.46. The van der Waals surface area contributed by atoms with E-state index in [2.05, 4.69) is 22.4 Å². The van der Waals surface area contributed by atoms with Crippen LogP contribution in [0.4, 0.5) is 0 Å². The number of nitrogens with one attached hydrogen (secondary N) is 1. The quantitative estimate of drug-likeness (QED) is 0.218. The summed E-state index contributed by atoms with van der Waals surface area (Å²) in [4.78, 5) is 29.7. The van der Waals surface area contributed by atoms with Crippen molar-refractivity contribution in [3.05, 3.63) is 90.8 Å². The number of aryl methyl sites for hydroxylation is 2. The van der Waals surface area contributed by atoms with Gasteiger partial charge in [0.2, 0.25) is 5.91 Å². The molecule has 0 saturated carbocycles. The zero-order valence-corrected chi connectivity index (χ0v) is 22.0. The van der Waals surface area contributed by atoms with Crippen molar-refractivity contribution in [3.63, 3.8) is 0 Å². The Kier molecular flexibility index (Phi) is 9.63. The molecule has 5 nitrogen and oxygen atoms in total. The number of thioether (sulfide) groups is 1. The fourth-order valence-electron chi connectivity index (χ4n) is 3.52. The van der Waals surface area contributed by atoms with Crippen LogP contribution in [0.5, 0.6) is 0 Å². The number of rotatable bonds is 10. The normalized spacial score (nSPS) is 11.0. The van der Waals surface area contributed by atoms with E-state index in [1.165, 1.54) is 17.3 Å². The maximum atomic E-state index is 12.9. The van der Waals surface area contributed by atoms with Gasteiger partial charge in [0.15, 0.2) is 5.16 Å². The maximum absolute atomic E-state index is 12.9. The molecular formula is C26H29Cl2N3O2S. The van der Waals surface area contributed by atoms with Crippen LogP contribution in [0.15, 0.2) is 52.4 Å². The van der Waals surface area contributed by atoms with Crippen LogP contribution in [0.25, 0.3) is 0 Å². The van der Waals surface area contributed by atoms with Gasteiger partial charge in [-0.2, -0.15) is 0 Å². The molecule has 3 aromatic rings. The van der Waals surface area contributed by atoms with Crippen molar-refractivity contribution in [2.24, 2.45) is 7.05 Å². The minimum absolute atomic E-state index is 0.00263. The largest absolute Gasteiger partial charge is 0.356 e. The smallest absolute Gasteiger partial charge is 0.257 e. The molecule has 1 amide bonds. The summed E-state index contributed by atoms with van der Waals surface area (Å²) < 4.78 is 1.61.